The molecule has 0 fully saturated rings. The molecule has 1 aromatic rings. The number of unbranched alkanes of at least 4 members (excludes halogenated alkanes) is 1. The van der Waals surface area contributed by atoms with Crippen molar-refractivity contribution in [3.8, 4) is 0 Å². The molecule has 0 saturated heterocycles. The van der Waals surface area contributed by atoms with Gasteiger partial charge in [0.15, 0.2) is 5.76 Å². The molecular formula is C8H12N2O3. The average molecular weight is 184 g/mol. The first-order valence-corrected chi connectivity index (χ1v) is 4.25. The molecule has 13 heavy (non-hydrogen) atoms. The van der Waals surface area contributed by atoms with Gasteiger partial charge in [0.1, 0.15) is 5.92 Å². The lowest BCUT2D eigenvalue weighted by Gasteiger charge is -2.05. The van der Waals surface area contributed by atoms with E-state index in [2.05, 4.69) is 10.4 Å². The molecule has 0 aliphatic heterocycles. The second-order valence-corrected chi connectivity index (χ2v) is 2.85. The van der Waals surface area contributed by atoms with Gasteiger partial charge in [0.25, 0.3) is 0 Å². The van der Waals surface area contributed by atoms with Gasteiger partial charge in [0.05, 0.1) is 6.20 Å². The molecule has 1 N–H and O–H groups in total. The summed E-state index contributed by atoms with van der Waals surface area (Å²) in [5.74, 6) is -1.15. The highest BCUT2D eigenvalue weighted by Gasteiger charge is 2.22. The van der Waals surface area contributed by atoms with E-state index in [4.69, 9.17) is 9.63 Å². The Morgan fingerprint density at radius 1 is 1.77 bits per heavy atom. The summed E-state index contributed by atoms with van der Waals surface area (Å²) in [6, 6.07) is 0. The molecule has 0 aliphatic rings. The van der Waals surface area contributed by atoms with Crippen LogP contribution in [0.4, 0.5) is 0 Å². The van der Waals surface area contributed by atoms with Crippen LogP contribution >= 0.6 is 0 Å². The van der Waals surface area contributed by atoms with Gasteiger partial charge in [-0.2, -0.15) is 0 Å². The Balaban J connectivity index is 2.63. The van der Waals surface area contributed by atoms with E-state index in [1.54, 1.807) is 0 Å². The second kappa shape index (κ2) is 4.59. The minimum atomic E-state index is -0.882. The predicted octanol–water partition coefficient (Wildman–Crippen LogP) is 1.43. The molecule has 0 radical (unpaired) electrons. The lowest BCUT2D eigenvalue weighted by Crippen LogP contribution is -2.10. The van der Waals surface area contributed by atoms with Crippen LogP contribution in [0.1, 0.15) is 37.9 Å². The van der Waals surface area contributed by atoms with E-state index in [0.29, 0.717) is 12.2 Å². The maximum absolute atomic E-state index is 10.8. The van der Waals surface area contributed by atoms with Crippen LogP contribution in [0.5, 0.6) is 0 Å². The Labute approximate surface area is 75.7 Å². The molecule has 0 bridgehead atoms. The molecule has 72 valence electrons. The summed E-state index contributed by atoms with van der Waals surface area (Å²) in [6.07, 6.45) is 3.75. The SMILES string of the molecule is CCCCC(C(=O)O)c1cnno1. The van der Waals surface area contributed by atoms with Crippen molar-refractivity contribution < 1.29 is 14.4 Å². The number of carboxylic acids is 1. The van der Waals surface area contributed by atoms with Crippen LogP contribution in [-0.4, -0.2) is 21.4 Å². The van der Waals surface area contributed by atoms with Gasteiger partial charge in [0, 0.05) is 5.27 Å². The Morgan fingerprint density at radius 2 is 2.54 bits per heavy atom. The van der Waals surface area contributed by atoms with Gasteiger partial charge in [-0.15, -0.1) is 5.10 Å². The van der Waals surface area contributed by atoms with Crippen LogP contribution in [0.15, 0.2) is 10.7 Å². The Kier molecular flexibility index (Phi) is 3.42. The van der Waals surface area contributed by atoms with Crippen molar-refractivity contribution in [1.82, 2.24) is 10.4 Å². The van der Waals surface area contributed by atoms with E-state index in [1.165, 1.54) is 6.20 Å². The van der Waals surface area contributed by atoms with Gasteiger partial charge < -0.3 is 9.63 Å². The number of rotatable bonds is 5. The second-order valence-electron chi connectivity index (χ2n) is 2.85. The fourth-order valence-corrected chi connectivity index (χ4v) is 1.12. The zero-order valence-corrected chi connectivity index (χ0v) is 7.43. The number of hydrogen-bond acceptors (Lipinski definition) is 4. The van der Waals surface area contributed by atoms with Gasteiger partial charge >= 0.3 is 5.97 Å². The van der Waals surface area contributed by atoms with E-state index >= 15 is 0 Å². The van der Waals surface area contributed by atoms with Crippen LogP contribution in [-0.2, 0) is 4.79 Å². The van der Waals surface area contributed by atoms with Crippen LogP contribution in [0.25, 0.3) is 0 Å². The average Bonchev–Trinajstić information content (AvgIpc) is 2.57. The van der Waals surface area contributed by atoms with Gasteiger partial charge in [-0.05, 0) is 6.42 Å². The Hall–Kier alpha value is -1.39. The van der Waals surface area contributed by atoms with Gasteiger partial charge in [-0.1, -0.05) is 19.8 Å². The van der Waals surface area contributed by atoms with Gasteiger partial charge in [-0.25, -0.2) is 0 Å². The van der Waals surface area contributed by atoms with E-state index < -0.39 is 11.9 Å². The van der Waals surface area contributed by atoms with Crippen LogP contribution in [0, 0.1) is 0 Å². The molecule has 1 heterocycles. The van der Waals surface area contributed by atoms with Crippen molar-refractivity contribution >= 4 is 5.97 Å². The number of carbonyl (C=O) groups is 1. The number of aromatic nitrogens is 2. The van der Waals surface area contributed by atoms with Crippen molar-refractivity contribution in [2.24, 2.45) is 0 Å². The Bertz CT molecular complexity index is 258. The highest BCUT2D eigenvalue weighted by atomic mass is 16.5. The first kappa shape index (κ1) is 9.70. The summed E-state index contributed by atoms with van der Waals surface area (Å²) in [6.45, 7) is 2.01. The summed E-state index contributed by atoms with van der Waals surface area (Å²) in [7, 11) is 0. The molecule has 1 rings (SSSR count). The number of carboxylic acid groups (broad SMARTS) is 1. The van der Waals surface area contributed by atoms with Gasteiger partial charge in [0.2, 0.25) is 0 Å². The molecule has 5 nitrogen and oxygen atoms in total. The Morgan fingerprint density at radius 3 is 3.00 bits per heavy atom. The third-order valence-corrected chi connectivity index (χ3v) is 1.87. The minimum Gasteiger partial charge on any atom is -0.481 e. The number of aliphatic carboxylic acids is 1. The maximum Gasteiger partial charge on any atom is 0.314 e. The maximum atomic E-state index is 10.8. The fraction of sp³-hybridized carbons (Fsp3) is 0.625. The largest absolute Gasteiger partial charge is 0.481 e. The quantitative estimate of drug-likeness (QED) is 0.749. The molecular weight excluding hydrogens is 172 g/mol. The molecule has 1 atom stereocenters. The molecule has 0 aromatic carbocycles. The zero-order valence-electron chi connectivity index (χ0n) is 7.43. The van der Waals surface area contributed by atoms with E-state index in [9.17, 15) is 4.79 Å². The topological polar surface area (TPSA) is 76.2 Å². The molecule has 0 spiro atoms. The lowest BCUT2D eigenvalue weighted by molar-refractivity contribution is -0.139. The van der Waals surface area contributed by atoms with Crippen molar-refractivity contribution in [2.75, 3.05) is 0 Å². The summed E-state index contributed by atoms with van der Waals surface area (Å²) in [5, 5.41) is 15.6. The molecule has 0 aliphatic carbocycles. The molecule has 1 aromatic heterocycles. The van der Waals surface area contributed by atoms with Crippen molar-refractivity contribution in [3.63, 3.8) is 0 Å². The standard InChI is InChI=1S/C8H12N2O3/c1-2-3-4-6(8(11)12)7-5-9-10-13-7/h5-6H,2-4H2,1H3,(H,11,12). The van der Waals surface area contributed by atoms with Crippen molar-refractivity contribution in [2.45, 2.75) is 32.1 Å². The summed E-state index contributed by atoms with van der Waals surface area (Å²) < 4.78 is 4.71. The van der Waals surface area contributed by atoms with E-state index in [-0.39, 0.29) is 0 Å². The minimum absolute atomic E-state index is 0.334. The van der Waals surface area contributed by atoms with Crippen molar-refractivity contribution in [1.29, 1.82) is 0 Å². The molecule has 5 heteroatoms. The van der Waals surface area contributed by atoms with Crippen LogP contribution < -0.4 is 0 Å². The third-order valence-electron chi connectivity index (χ3n) is 1.87. The first-order valence-electron chi connectivity index (χ1n) is 4.25. The predicted molar refractivity (Wildman–Crippen MR) is 44.2 cm³/mol. The van der Waals surface area contributed by atoms with E-state index in [1.807, 2.05) is 6.92 Å². The van der Waals surface area contributed by atoms with Crippen LogP contribution in [0.2, 0.25) is 0 Å². The summed E-state index contributed by atoms with van der Waals surface area (Å²) in [4.78, 5) is 10.8. The molecule has 0 saturated carbocycles. The molecule has 0 amide bonds. The number of hydrogen-bond donors (Lipinski definition) is 1. The van der Waals surface area contributed by atoms with Crippen molar-refractivity contribution in [3.05, 3.63) is 12.0 Å². The highest BCUT2D eigenvalue weighted by Crippen LogP contribution is 2.20. The lowest BCUT2D eigenvalue weighted by atomic mass is 10.0. The van der Waals surface area contributed by atoms with Crippen LogP contribution in [0.3, 0.4) is 0 Å². The first-order chi connectivity index (χ1) is 6.25. The normalized spacial score (nSPS) is 12.7. The zero-order chi connectivity index (χ0) is 9.68. The molecule has 1 unspecified atom stereocenters. The highest BCUT2D eigenvalue weighted by molar-refractivity contribution is 5.74. The smallest absolute Gasteiger partial charge is 0.314 e. The monoisotopic (exact) mass is 184 g/mol. The summed E-state index contributed by atoms with van der Waals surface area (Å²) in [5.41, 5.74) is 0. The van der Waals surface area contributed by atoms with Gasteiger partial charge in [-0.3, -0.25) is 4.79 Å². The number of nitrogens with zero attached hydrogens (tertiary/aromatic N) is 2. The fourth-order valence-electron chi connectivity index (χ4n) is 1.12. The third kappa shape index (κ3) is 2.54. The van der Waals surface area contributed by atoms with E-state index in [0.717, 1.165) is 12.8 Å². The summed E-state index contributed by atoms with van der Waals surface area (Å²) >= 11 is 0.